The van der Waals surface area contributed by atoms with Crippen LogP contribution in [-0.4, -0.2) is 101 Å². The Morgan fingerprint density at radius 2 is 1.52 bits per heavy atom. The minimum Gasteiger partial charge on any atom is -0.461 e. The molecule has 334 valence electrons. The van der Waals surface area contributed by atoms with Crippen LogP contribution in [0.25, 0.3) is 0 Å². The fourth-order valence-electron chi connectivity index (χ4n) is 6.80. The number of carbonyl (C=O) groups is 7. The van der Waals surface area contributed by atoms with Crippen LogP contribution >= 0.6 is 0 Å². The number of anilines is 2. The van der Waals surface area contributed by atoms with E-state index in [1.807, 2.05) is 36.4 Å². The van der Waals surface area contributed by atoms with Crippen molar-refractivity contribution >= 4 is 53.2 Å². The number of carbonyl (C=O) groups excluding carboxylic acids is 7. The minimum absolute atomic E-state index is 0.0559. The van der Waals surface area contributed by atoms with Crippen molar-refractivity contribution in [2.24, 2.45) is 5.92 Å². The number of hydrogen-bond acceptors (Lipinski definition) is 13. The molecule has 0 bridgehead atoms. The van der Waals surface area contributed by atoms with Gasteiger partial charge in [0.15, 0.2) is 6.10 Å². The van der Waals surface area contributed by atoms with Gasteiger partial charge in [-0.15, -0.1) is 0 Å². The third-order valence-corrected chi connectivity index (χ3v) is 9.74. The molecule has 2 saturated heterocycles. The van der Waals surface area contributed by atoms with Crippen molar-refractivity contribution in [1.82, 2.24) is 9.80 Å². The Morgan fingerprint density at radius 3 is 2.13 bits per heavy atom. The summed E-state index contributed by atoms with van der Waals surface area (Å²) in [7, 11) is 0. The van der Waals surface area contributed by atoms with Crippen molar-refractivity contribution in [3.8, 4) is 6.07 Å². The lowest BCUT2D eigenvalue weighted by atomic mass is 9.96. The van der Waals surface area contributed by atoms with Gasteiger partial charge in [0.1, 0.15) is 17.8 Å². The van der Waals surface area contributed by atoms with Gasteiger partial charge in [-0.3, -0.25) is 24.0 Å². The molecule has 5 amide bonds. The Hall–Kier alpha value is -6.80. The van der Waals surface area contributed by atoms with E-state index in [-0.39, 0.29) is 54.4 Å². The highest BCUT2D eigenvalue weighted by Gasteiger charge is 2.43. The highest BCUT2D eigenvalue weighted by Crippen LogP contribution is 2.27. The summed E-state index contributed by atoms with van der Waals surface area (Å²) >= 11 is 0. The van der Waals surface area contributed by atoms with Crippen molar-refractivity contribution < 1.29 is 57.2 Å². The Kier molecular flexibility index (Phi) is 15.3. The molecular formula is C46H53N5O12. The first kappa shape index (κ1) is 47.3. The molecule has 2 aliphatic heterocycles. The van der Waals surface area contributed by atoms with Crippen LogP contribution < -0.4 is 10.2 Å². The molecule has 2 aliphatic rings. The SMILES string of the molecule is CC(=O)O[C@@H](C(=O)Nc1ccc(C#N)c(CN(C(=O)OC(C)(C)C)C(=O)OC(C)(C)C)c1)[C@H]1OCCN(c2cccc(C(=O)N3CCC(C(=O)OCc4ccccc4)CC3)c2)C1=O. The topological polar surface area (TPSA) is 211 Å². The number of piperidine rings is 1. The van der Waals surface area contributed by atoms with Gasteiger partial charge in [-0.2, -0.15) is 5.26 Å². The van der Waals surface area contributed by atoms with E-state index < -0.39 is 59.9 Å². The minimum atomic E-state index is -1.79. The molecule has 0 aliphatic carbocycles. The standard InChI is InChI=1S/C46H53N5O12/c1-29(52)61-37(39(53)48-35-17-16-33(26-47)34(24-35)27-51(43(57)62-45(2,3)4)44(58)63-46(5,6)7)38-41(55)50(22-23-59-38)36-15-11-14-32(25-36)40(54)49-20-18-31(19-21-49)42(56)60-28-30-12-9-8-10-13-30/h8-17,24-25,31,37-38H,18-23,27-28H2,1-7H3,(H,48,53)/t37-,38-/m1/s1. The summed E-state index contributed by atoms with van der Waals surface area (Å²) in [6, 6.07) is 21.9. The molecule has 17 nitrogen and oxygen atoms in total. The number of nitrogens with zero attached hydrogens (tertiary/aromatic N) is 4. The summed E-state index contributed by atoms with van der Waals surface area (Å²) < 4.78 is 27.5. The van der Waals surface area contributed by atoms with Crippen LogP contribution in [0.3, 0.4) is 0 Å². The van der Waals surface area contributed by atoms with Crippen molar-refractivity contribution in [1.29, 1.82) is 5.26 Å². The molecule has 2 heterocycles. The Labute approximate surface area is 366 Å². The molecule has 1 N–H and O–H groups in total. The van der Waals surface area contributed by atoms with Crippen molar-refractivity contribution in [3.05, 3.63) is 95.1 Å². The lowest BCUT2D eigenvalue weighted by Crippen LogP contribution is -2.56. The second-order valence-electron chi connectivity index (χ2n) is 17.0. The molecule has 5 rings (SSSR count). The molecule has 0 radical (unpaired) electrons. The van der Waals surface area contributed by atoms with Crippen LogP contribution in [0.2, 0.25) is 0 Å². The van der Waals surface area contributed by atoms with Crippen LogP contribution in [0.5, 0.6) is 0 Å². The van der Waals surface area contributed by atoms with E-state index in [9.17, 15) is 38.8 Å². The number of hydrogen-bond donors (Lipinski definition) is 1. The van der Waals surface area contributed by atoms with Gasteiger partial charge in [-0.05, 0) is 102 Å². The first-order valence-corrected chi connectivity index (χ1v) is 20.5. The third-order valence-electron chi connectivity index (χ3n) is 9.74. The first-order chi connectivity index (χ1) is 29.7. The van der Waals surface area contributed by atoms with Crippen molar-refractivity contribution in [3.63, 3.8) is 0 Å². The van der Waals surface area contributed by atoms with Gasteiger partial charge in [-0.25, -0.2) is 14.5 Å². The first-order valence-electron chi connectivity index (χ1n) is 20.5. The number of nitriles is 1. The van der Waals surface area contributed by atoms with E-state index in [4.69, 9.17) is 23.7 Å². The second-order valence-corrected chi connectivity index (χ2v) is 17.0. The molecule has 2 atom stereocenters. The van der Waals surface area contributed by atoms with Gasteiger partial charge in [-0.1, -0.05) is 36.4 Å². The number of benzene rings is 3. The number of esters is 2. The lowest BCUT2D eigenvalue weighted by Gasteiger charge is -2.35. The zero-order valence-corrected chi connectivity index (χ0v) is 36.5. The van der Waals surface area contributed by atoms with Gasteiger partial charge >= 0.3 is 24.1 Å². The summed E-state index contributed by atoms with van der Waals surface area (Å²) in [6.45, 7) is 11.1. The Balaban J connectivity index is 1.28. The van der Waals surface area contributed by atoms with E-state index in [2.05, 4.69) is 5.32 Å². The normalized spacial score (nSPS) is 16.2. The second kappa shape index (κ2) is 20.4. The maximum Gasteiger partial charge on any atom is 0.420 e. The number of rotatable bonds is 11. The number of morpholine rings is 1. The van der Waals surface area contributed by atoms with E-state index in [0.717, 1.165) is 12.5 Å². The van der Waals surface area contributed by atoms with E-state index >= 15 is 0 Å². The number of ether oxygens (including phenoxy) is 5. The highest BCUT2D eigenvalue weighted by atomic mass is 16.6. The number of nitrogens with one attached hydrogen (secondary N) is 1. The molecule has 2 fully saturated rings. The molecule has 63 heavy (non-hydrogen) atoms. The van der Waals surface area contributed by atoms with Crippen LogP contribution in [0.15, 0.2) is 72.8 Å². The number of imide groups is 1. The van der Waals surface area contributed by atoms with Gasteiger partial charge < -0.3 is 38.8 Å². The van der Waals surface area contributed by atoms with Crippen LogP contribution in [-0.2, 0) is 56.0 Å². The maximum absolute atomic E-state index is 14.1. The average molecular weight is 868 g/mol. The van der Waals surface area contributed by atoms with Gasteiger partial charge in [0.25, 0.3) is 17.7 Å². The van der Waals surface area contributed by atoms with E-state index in [0.29, 0.717) is 42.1 Å². The fraction of sp³-hybridized carbons (Fsp3) is 0.435. The monoisotopic (exact) mass is 867 g/mol. The number of amides is 5. The van der Waals surface area contributed by atoms with Gasteiger partial charge in [0.05, 0.1) is 30.7 Å². The summed E-state index contributed by atoms with van der Waals surface area (Å²) in [5.74, 6) is -3.48. The summed E-state index contributed by atoms with van der Waals surface area (Å²) in [5, 5.41) is 12.5. The Bertz CT molecular complexity index is 2210. The molecule has 3 aromatic rings. The molecule has 0 unspecified atom stereocenters. The predicted molar refractivity (Wildman–Crippen MR) is 227 cm³/mol. The van der Waals surface area contributed by atoms with Crippen LogP contribution in [0.1, 0.15) is 88.4 Å². The highest BCUT2D eigenvalue weighted by molar-refractivity contribution is 6.05. The fourth-order valence-corrected chi connectivity index (χ4v) is 6.80. The maximum atomic E-state index is 14.1. The van der Waals surface area contributed by atoms with E-state index in [1.165, 1.54) is 23.1 Å². The smallest absolute Gasteiger partial charge is 0.420 e. The molecule has 0 aromatic heterocycles. The Morgan fingerprint density at radius 1 is 0.873 bits per heavy atom. The van der Waals surface area contributed by atoms with Gasteiger partial charge in [0.2, 0.25) is 6.10 Å². The zero-order valence-electron chi connectivity index (χ0n) is 36.5. The molecular weight excluding hydrogens is 815 g/mol. The average Bonchev–Trinajstić information content (AvgIpc) is 3.23. The lowest BCUT2D eigenvalue weighted by molar-refractivity contribution is -0.167. The number of likely N-dealkylation sites (tertiary alicyclic amines) is 1. The molecule has 0 saturated carbocycles. The summed E-state index contributed by atoms with van der Waals surface area (Å²) in [6.07, 6.45) is -4.59. The summed E-state index contributed by atoms with van der Waals surface area (Å²) in [5.41, 5.74) is -0.166. The predicted octanol–water partition coefficient (Wildman–Crippen LogP) is 6.13. The third kappa shape index (κ3) is 13.1. The van der Waals surface area contributed by atoms with Crippen LogP contribution in [0, 0.1) is 17.2 Å². The van der Waals surface area contributed by atoms with E-state index in [1.54, 1.807) is 70.7 Å². The largest absolute Gasteiger partial charge is 0.461 e. The quantitative estimate of drug-likeness (QED) is 0.170. The molecule has 17 heteroatoms. The van der Waals surface area contributed by atoms with Crippen molar-refractivity contribution in [2.75, 3.05) is 36.5 Å². The van der Waals surface area contributed by atoms with Crippen molar-refractivity contribution in [2.45, 2.75) is 97.9 Å². The molecule has 3 aromatic carbocycles. The molecule has 0 spiro atoms. The van der Waals surface area contributed by atoms with Gasteiger partial charge in [0, 0.05) is 43.5 Å². The summed E-state index contributed by atoms with van der Waals surface area (Å²) in [4.78, 5) is 96.8. The van der Waals surface area contributed by atoms with Crippen LogP contribution in [0.4, 0.5) is 21.0 Å². The zero-order chi connectivity index (χ0) is 46.1.